The van der Waals surface area contributed by atoms with Crippen LogP contribution in [-0.2, 0) is 48.3 Å². The molecule has 0 radical (unpaired) electrons. The van der Waals surface area contributed by atoms with Crippen LogP contribution in [0.3, 0.4) is 0 Å². The number of aromatic carboxylic acids is 1. The van der Waals surface area contributed by atoms with Gasteiger partial charge < -0.3 is 50.0 Å². The van der Waals surface area contributed by atoms with E-state index in [9.17, 15) is 29.4 Å². The van der Waals surface area contributed by atoms with Gasteiger partial charge in [0.1, 0.15) is 53.9 Å². The number of pyridine rings is 1. The summed E-state index contributed by atoms with van der Waals surface area (Å²) in [6, 6.07) is 34.3. The standard InChI is InChI=1S/C59H64N10O10S/c1-38-53(80-37-61-38)42-12-10-39(11-13-42)32-60-56(72)49-31-47(70)34-69(49)57(73)54(59(2,3)4)64-51(71)36-78-29-28-77-27-26-76-25-24-67-33-46(65-66-67)35-79-48-20-16-41(17-21-48)52-55(62-45-18-14-43(15-19-45)58(74)75)68-23-22-44(30-50(68)63-52)40-8-6-5-7-9-40/h5-23,30,33,37,47,49,54,62,70H,24-29,31-32,34-36H2,1-4H3,(H,60,72)(H,64,71)(H,74,75)/t47-,49+,54-/m1/s1. The van der Waals surface area contributed by atoms with E-state index in [0.29, 0.717) is 49.2 Å². The van der Waals surface area contributed by atoms with Crippen LogP contribution in [0.1, 0.15) is 54.5 Å². The molecule has 80 heavy (non-hydrogen) atoms. The Labute approximate surface area is 466 Å². The normalized spacial score (nSPS) is 14.7. The van der Waals surface area contributed by atoms with Gasteiger partial charge in [0.15, 0.2) is 0 Å². The molecule has 5 N–H and O–H groups in total. The Balaban J connectivity index is 0.667. The van der Waals surface area contributed by atoms with E-state index in [-0.39, 0.29) is 57.4 Å². The maximum atomic E-state index is 14.0. The minimum atomic E-state index is -0.996. The zero-order chi connectivity index (χ0) is 56.2. The predicted octanol–water partition coefficient (Wildman–Crippen LogP) is 7.57. The lowest BCUT2D eigenvalue weighted by Gasteiger charge is -2.35. The number of fused-ring (bicyclic) bond motifs is 1. The number of carbonyl (C=O) groups excluding carboxylic acids is 3. The Hall–Kier alpha value is -8.34. The summed E-state index contributed by atoms with van der Waals surface area (Å²) in [7, 11) is 0. The van der Waals surface area contributed by atoms with E-state index in [4.69, 9.17) is 23.9 Å². The van der Waals surface area contributed by atoms with Crippen molar-refractivity contribution in [2.24, 2.45) is 5.41 Å². The molecule has 1 aliphatic heterocycles. The Morgan fingerprint density at radius 3 is 2.24 bits per heavy atom. The number of hydrogen-bond donors (Lipinski definition) is 5. The number of carboxylic acids is 1. The van der Waals surface area contributed by atoms with Crippen LogP contribution in [0.2, 0.25) is 0 Å². The van der Waals surface area contributed by atoms with Gasteiger partial charge >= 0.3 is 5.97 Å². The van der Waals surface area contributed by atoms with Crippen LogP contribution in [0.4, 0.5) is 11.5 Å². The number of aliphatic hydroxyl groups is 1. The van der Waals surface area contributed by atoms with Gasteiger partial charge in [-0.3, -0.25) is 18.8 Å². The Morgan fingerprint density at radius 2 is 1.54 bits per heavy atom. The number of nitrogens with zero attached hydrogens (tertiary/aromatic N) is 7. The Morgan fingerprint density at radius 1 is 0.825 bits per heavy atom. The number of aliphatic hydroxyl groups excluding tert-OH is 1. The van der Waals surface area contributed by atoms with E-state index in [1.54, 1.807) is 46.5 Å². The highest BCUT2D eigenvalue weighted by Gasteiger charge is 2.44. The molecule has 416 valence electrons. The van der Waals surface area contributed by atoms with Gasteiger partial charge in [0, 0.05) is 37.0 Å². The van der Waals surface area contributed by atoms with Crippen LogP contribution in [0.25, 0.3) is 38.5 Å². The van der Waals surface area contributed by atoms with Crippen LogP contribution in [0, 0.1) is 12.3 Å². The monoisotopic (exact) mass is 1100 g/mol. The van der Waals surface area contributed by atoms with E-state index >= 15 is 0 Å². The molecule has 1 aliphatic rings. The number of carboxylic acid groups (broad SMARTS) is 1. The average molecular weight is 1110 g/mol. The number of hydrogen-bond acceptors (Lipinski definition) is 15. The highest BCUT2D eigenvalue weighted by atomic mass is 32.1. The number of nitrogens with one attached hydrogen (secondary N) is 3. The van der Waals surface area contributed by atoms with Gasteiger partial charge in [0.2, 0.25) is 17.7 Å². The first-order valence-corrected chi connectivity index (χ1v) is 27.1. The number of β-amino-alcohol motifs (C(OH)–C–C–N with tert-alkyl or cyclic N) is 1. The first kappa shape index (κ1) is 56.4. The summed E-state index contributed by atoms with van der Waals surface area (Å²) in [5.41, 5.74) is 9.89. The van der Waals surface area contributed by atoms with Gasteiger partial charge in [-0.2, -0.15) is 0 Å². The van der Waals surface area contributed by atoms with Gasteiger partial charge in [-0.15, -0.1) is 16.4 Å². The number of aromatic nitrogens is 6. The van der Waals surface area contributed by atoms with Crippen molar-refractivity contribution in [3.05, 3.63) is 156 Å². The molecule has 3 amide bonds. The van der Waals surface area contributed by atoms with E-state index in [1.807, 2.05) is 123 Å². The van der Waals surface area contributed by atoms with Crippen molar-refractivity contribution in [3.8, 4) is 38.6 Å². The second-order valence-corrected chi connectivity index (χ2v) is 21.2. The SMILES string of the molecule is Cc1ncsc1-c1ccc(CNC(=O)[C@@H]2C[C@@H](O)CN2C(=O)[C@@H](NC(=O)COCCOCCOCCn2cc(COc3ccc(-c4nc5cc(-c6ccccc6)ccn5c4Nc4ccc(C(=O)O)cc4)cc3)nn2)C(C)(C)C)cc1. The fourth-order valence-electron chi connectivity index (χ4n) is 9.13. The summed E-state index contributed by atoms with van der Waals surface area (Å²) in [6.07, 6.45) is 2.96. The van der Waals surface area contributed by atoms with E-state index < -0.39 is 41.4 Å². The van der Waals surface area contributed by atoms with Gasteiger partial charge in [0.05, 0.1) is 73.5 Å². The molecule has 4 aromatic carbocycles. The summed E-state index contributed by atoms with van der Waals surface area (Å²) in [4.78, 5) is 63.8. The third-order valence-electron chi connectivity index (χ3n) is 13.4. The molecule has 1 fully saturated rings. The lowest BCUT2D eigenvalue weighted by atomic mass is 9.85. The number of aryl methyl sites for hydroxylation is 1. The lowest BCUT2D eigenvalue weighted by molar-refractivity contribution is -0.144. The predicted molar refractivity (Wildman–Crippen MR) is 301 cm³/mol. The zero-order valence-electron chi connectivity index (χ0n) is 44.9. The average Bonchev–Trinajstić information content (AvgIpc) is 4.29. The molecule has 0 bridgehead atoms. The van der Waals surface area contributed by atoms with Crippen LogP contribution in [0.15, 0.2) is 133 Å². The smallest absolute Gasteiger partial charge is 0.335 e. The minimum Gasteiger partial charge on any atom is -0.487 e. The minimum absolute atomic E-state index is 0.0280. The maximum absolute atomic E-state index is 14.0. The van der Waals surface area contributed by atoms with Crippen molar-refractivity contribution in [2.75, 3.05) is 51.5 Å². The van der Waals surface area contributed by atoms with Crippen molar-refractivity contribution in [3.63, 3.8) is 0 Å². The molecule has 8 aromatic rings. The van der Waals surface area contributed by atoms with Crippen molar-refractivity contribution < 1.29 is 48.3 Å². The quantitative estimate of drug-likeness (QED) is 0.0347. The number of carbonyl (C=O) groups is 4. The van der Waals surface area contributed by atoms with Gasteiger partial charge in [0.25, 0.3) is 0 Å². The number of ether oxygens (including phenoxy) is 4. The summed E-state index contributed by atoms with van der Waals surface area (Å²) >= 11 is 1.57. The molecule has 20 nitrogen and oxygen atoms in total. The highest BCUT2D eigenvalue weighted by molar-refractivity contribution is 7.13. The molecule has 21 heteroatoms. The van der Waals surface area contributed by atoms with Gasteiger partial charge in [-0.05, 0) is 95.3 Å². The first-order valence-electron chi connectivity index (χ1n) is 26.2. The van der Waals surface area contributed by atoms with Crippen molar-refractivity contribution in [2.45, 2.75) is 72.0 Å². The van der Waals surface area contributed by atoms with E-state index in [2.05, 4.69) is 43.4 Å². The zero-order valence-corrected chi connectivity index (χ0v) is 45.7. The molecule has 0 saturated carbocycles. The van der Waals surface area contributed by atoms with Crippen LogP contribution in [-0.4, -0.2) is 133 Å². The van der Waals surface area contributed by atoms with Gasteiger partial charge in [-0.1, -0.05) is 80.6 Å². The molecule has 3 atom stereocenters. The maximum Gasteiger partial charge on any atom is 0.335 e. The molecule has 0 spiro atoms. The largest absolute Gasteiger partial charge is 0.487 e. The molecular formula is C59H64N10O10S. The third-order valence-corrected chi connectivity index (χ3v) is 14.4. The lowest BCUT2D eigenvalue weighted by Crippen LogP contribution is -2.58. The number of thiazole rings is 1. The molecule has 1 saturated heterocycles. The molecule has 0 unspecified atom stereocenters. The number of rotatable bonds is 25. The second-order valence-electron chi connectivity index (χ2n) is 20.3. The van der Waals surface area contributed by atoms with Crippen LogP contribution in [0.5, 0.6) is 5.75 Å². The van der Waals surface area contributed by atoms with Gasteiger partial charge in [-0.25, -0.2) is 19.4 Å². The third kappa shape index (κ3) is 14.5. The number of benzene rings is 4. The molecule has 5 heterocycles. The van der Waals surface area contributed by atoms with Crippen molar-refractivity contribution in [1.82, 2.24) is 44.9 Å². The van der Waals surface area contributed by atoms with Crippen molar-refractivity contribution in [1.29, 1.82) is 0 Å². The van der Waals surface area contributed by atoms with E-state index in [0.717, 1.165) is 49.9 Å². The summed E-state index contributed by atoms with van der Waals surface area (Å²) < 4.78 is 26.6. The van der Waals surface area contributed by atoms with E-state index in [1.165, 1.54) is 4.90 Å². The number of amides is 3. The molecular weight excluding hydrogens is 1040 g/mol. The summed E-state index contributed by atoms with van der Waals surface area (Å²) in [5, 5.41) is 37.6. The highest BCUT2D eigenvalue weighted by Crippen LogP contribution is 2.35. The number of likely N-dealkylation sites (tertiary alicyclic amines) is 1. The summed E-state index contributed by atoms with van der Waals surface area (Å²) in [5.74, 6) is -0.981. The molecule has 0 aliphatic carbocycles. The van der Waals surface area contributed by atoms with Crippen LogP contribution < -0.4 is 20.7 Å². The topological polar surface area (TPSA) is 246 Å². The Kier molecular flexibility index (Phi) is 18.4. The fraction of sp³-hybridized carbons (Fsp3) is 0.322. The van der Waals surface area contributed by atoms with Crippen molar-refractivity contribution >= 4 is 52.2 Å². The summed E-state index contributed by atoms with van der Waals surface area (Å²) in [6.45, 7) is 9.34. The number of anilines is 2. The Bertz CT molecular complexity index is 3380. The molecule has 4 aromatic heterocycles. The fourth-order valence-corrected chi connectivity index (χ4v) is 9.95. The first-order chi connectivity index (χ1) is 38.7. The number of imidazole rings is 1. The second kappa shape index (κ2) is 26.1. The molecule has 9 rings (SSSR count). The van der Waals surface area contributed by atoms with Crippen LogP contribution >= 0.6 is 11.3 Å².